The van der Waals surface area contributed by atoms with Crippen LogP contribution >= 0.6 is 0 Å². The molecule has 1 unspecified atom stereocenters. The van der Waals surface area contributed by atoms with Gasteiger partial charge in [-0.05, 0) is 25.0 Å². The third-order valence-electron chi connectivity index (χ3n) is 3.18. The van der Waals surface area contributed by atoms with Gasteiger partial charge in [0.2, 0.25) is 0 Å². The molecular formula is C14H24N2O2. The molecule has 0 spiro atoms. The van der Waals surface area contributed by atoms with Gasteiger partial charge in [-0.15, -0.1) is 0 Å². The Balaban J connectivity index is 3.05. The van der Waals surface area contributed by atoms with Crippen molar-refractivity contribution in [1.29, 1.82) is 0 Å². The molecule has 1 aromatic carbocycles. The second kappa shape index (κ2) is 6.50. The molecule has 1 rings (SSSR count). The number of hydrogen-bond donors (Lipinski definition) is 2. The Kier molecular flexibility index (Phi) is 5.28. The van der Waals surface area contributed by atoms with Crippen LogP contribution in [0.25, 0.3) is 0 Å². The molecule has 0 saturated carbocycles. The van der Waals surface area contributed by atoms with E-state index in [0.717, 1.165) is 22.7 Å². The van der Waals surface area contributed by atoms with Gasteiger partial charge in [-0.1, -0.05) is 13.8 Å². The first-order chi connectivity index (χ1) is 8.54. The number of benzene rings is 1. The molecule has 0 heterocycles. The Morgan fingerprint density at radius 2 is 1.89 bits per heavy atom. The fourth-order valence-electron chi connectivity index (χ4n) is 1.97. The molecule has 4 heteroatoms. The maximum atomic E-state index is 5.78. The number of nitrogens with two attached hydrogens (primary N) is 1. The molecule has 102 valence electrons. The summed E-state index contributed by atoms with van der Waals surface area (Å²) >= 11 is 0. The quantitative estimate of drug-likeness (QED) is 0.816. The van der Waals surface area contributed by atoms with Gasteiger partial charge in [0.25, 0.3) is 0 Å². The molecular weight excluding hydrogens is 228 g/mol. The van der Waals surface area contributed by atoms with E-state index in [4.69, 9.17) is 15.2 Å². The number of rotatable bonds is 6. The summed E-state index contributed by atoms with van der Waals surface area (Å²) in [5, 5.41) is 3.43. The van der Waals surface area contributed by atoms with Gasteiger partial charge in [0.05, 0.1) is 19.9 Å². The van der Waals surface area contributed by atoms with Crippen LogP contribution in [0.2, 0.25) is 0 Å². The van der Waals surface area contributed by atoms with Gasteiger partial charge >= 0.3 is 0 Å². The van der Waals surface area contributed by atoms with Crippen LogP contribution in [0.4, 0.5) is 5.69 Å². The van der Waals surface area contributed by atoms with Gasteiger partial charge in [-0.3, -0.25) is 0 Å². The van der Waals surface area contributed by atoms with Crippen molar-refractivity contribution >= 4 is 5.69 Å². The lowest BCUT2D eigenvalue weighted by molar-refractivity contribution is 0.389. The summed E-state index contributed by atoms with van der Waals surface area (Å²) in [6.07, 6.45) is 0. The predicted octanol–water partition coefficient (Wildman–Crippen LogP) is 2.41. The Morgan fingerprint density at radius 1 is 1.22 bits per heavy atom. The molecule has 0 bridgehead atoms. The topological polar surface area (TPSA) is 56.5 Å². The number of anilines is 1. The van der Waals surface area contributed by atoms with Crippen LogP contribution in [0.5, 0.6) is 11.5 Å². The number of hydrogen-bond acceptors (Lipinski definition) is 4. The van der Waals surface area contributed by atoms with Crippen molar-refractivity contribution in [3.63, 3.8) is 0 Å². The Hall–Kier alpha value is -1.42. The normalized spacial score (nSPS) is 12.4. The van der Waals surface area contributed by atoms with E-state index in [0.29, 0.717) is 12.5 Å². The van der Waals surface area contributed by atoms with Crippen LogP contribution in [0.3, 0.4) is 0 Å². The molecule has 1 aromatic rings. The third-order valence-corrected chi connectivity index (χ3v) is 3.18. The van der Waals surface area contributed by atoms with Crippen LogP contribution < -0.4 is 20.5 Å². The van der Waals surface area contributed by atoms with Crippen LogP contribution in [0, 0.1) is 12.8 Å². The Morgan fingerprint density at radius 3 is 2.33 bits per heavy atom. The first-order valence-corrected chi connectivity index (χ1v) is 6.23. The van der Waals surface area contributed by atoms with E-state index in [1.54, 1.807) is 14.2 Å². The molecule has 3 N–H and O–H groups in total. The predicted molar refractivity (Wildman–Crippen MR) is 75.6 cm³/mol. The monoisotopic (exact) mass is 252 g/mol. The van der Waals surface area contributed by atoms with Gasteiger partial charge in [-0.2, -0.15) is 0 Å². The molecule has 18 heavy (non-hydrogen) atoms. The minimum absolute atomic E-state index is 0.228. The van der Waals surface area contributed by atoms with E-state index in [1.807, 2.05) is 19.1 Å². The second-order valence-corrected chi connectivity index (χ2v) is 4.70. The summed E-state index contributed by atoms with van der Waals surface area (Å²) in [6.45, 7) is 6.86. The standard InChI is InChI=1S/C14H24N2O2/c1-9(2)12(8-15)16-11-6-7-13(17-4)10(3)14(11)18-5/h6-7,9,12,16H,8,15H2,1-5H3. The largest absolute Gasteiger partial charge is 0.496 e. The van der Waals surface area contributed by atoms with Crippen molar-refractivity contribution in [2.45, 2.75) is 26.8 Å². The Labute approximate surface area is 109 Å². The number of methoxy groups -OCH3 is 2. The van der Waals surface area contributed by atoms with Gasteiger partial charge in [0, 0.05) is 18.2 Å². The fourth-order valence-corrected chi connectivity index (χ4v) is 1.97. The van der Waals surface area contributed by atoms with Crippen molar-refractivity contribution in [2.24, 2.45) is 11.7 Å². The summed E-state index contributed by atoms with van der Waals surface area (Å²) in [5.41, 5.74) is 7.73. The van der Waals surface area contributed by atoms with E-state index >= 15 is 0 Å². The van der Waals surface area contributed by atoms with Crippen LogP contribution in [0.15, 0.2) is 12.1 Å². The highest BCUT2D eigenvalue weighted by Crippen LogP contribution is 2.35. The number of ether oxygens (including phenoxy) is 2. The van der Waals surface area contributed by atoms with E-state index < -0.39 is 0 Å². The zero-order valence-corrected chi connectivity index (χ0v) is 11.9. The average molecular weight is 252 g/mol. The van der Waals surface area contributed by atoms with Crippen molar-refractivity contribution in [3.05, 3.63) is 17.7 Å². The summed E-state index contributed by atoms with van der Waals surface area (Å²) in [5.74, 6) is 2.10. The summed E-state index contributed by atoms with van der Waals surface area (Å²) in [7, 11) is 3.32. The minimum atomic E-state index is 0.228. The second-order valence-electron chi connectivity index (χ2n) is 4.70. The zero-order chi connectivity index (χ0) is 13.7. The highest BCUT2D eigenvalue weighted by Gasteiger charge is 2.16. The van der Waals surface area contributed by atoms with Crippen molar-refractivity contribution < 1.29 is 9.47 Å². The van der Waals surface area contributed by atoms with E-state index in [-0.39, 0.29) is 6.04 Å². The first kappa shape index (κ1) is 14.6. The summed E-state index contributed by atoms with van der Waals surface area (Å²) in [6, 6.07) is 4.13. The first-order valence-electron chi connectivity index (χ1n) is 6.23. The Bertz CT molecular complexity index is 392. The van der Waals surface area contributed by atoms with E-state index in [1.165, 1.54) is 0 Å². The molecule has 0 aliphatic rings. The fraction of sp³-hybridized carbons (Fsp3) is 0.571. The average Bonchev–Trinajstić information content (AvgIpc) is 2.35. The maximum absolute atomic E-state index is 5.78. The van der Waals surface area contributed by atoms with E-state index in [9.17, 15) is 0 Å². The van der Waals surface area contributed by atoms with Crippen LogP contribution in [0.1, 0.15) is 19.4 Å². The minimum Gasteiger partial charge on any atom is -0.496 e. The molecule has 0 aliphatic heterocycles. The smallest absolute Gasteiger partial charge is 0.148 e. The highest BCUT2D eigenvalue weighted by molar-refractivity contribution is 5.64. The summed E-state index contributed by atoms with van der Waals surface area (Å²) < 4.78 is 10.7. The molecule has 0 amide bonds. The number of nitrogens with one attached hydrogen (secondary N) is 1. The highest BCUT2D eigenvalue weighted by atomic mass is 16.5. The SMILES string of the molecule is COc1ccc(NC(CN)C(C)C)c(OC)c1C. The molecule has 0 radical (unpaired) electrons. The molecule has 0 fully saturated rings. The molecule has 0 saturated heterocycles. The van der Waals surface area contributed by atoms with Crippen LogP contribution in [-0.2, 0) is 0 Å². The van der Waals surface area contributed by atoms with Crippen molar-refractivity contribution in [2.75, 3.05) is 26.1 Å². The maximum Gasteiger partial charge on any atom is 0.148 e. The zero-order valence-electron chi connectivity index (χ0n) is 11.9. The van der Waals surface area contributed by atoms with E-state index in [2.05, 4.69) is 19.2 Å². The third kappa shape index (κ3) is 3.07. The lowest BCUT2D eigenvalue weighted by atomic mass is 10.0. The van der Waals surface area contributed by atoms with Crippen molar-refractivity contribution in [3.8, 4) is 11.5 Å². The van der Waals surface area contributed by atoms with Gasteiger partial charge in [0.1, 0.15) is 11.5 Å². The molecule has 0 aliphatic carbocycles. The lowest BCUT2D eigenvalue weighted by Crippen LogP contribution is -2.33. The van der Waals surface area contributed by atoms with Crippen LogP contribution in [-0.4, -0.2) is 26.8 Å². The summed E-state index contributed by atoms with van der Waals surface area (Å²) in [4.78, 5) is 0. The lowest BCUT2D eigenvalue weighted by Gasteiger charge is -2.24. The van der Waals surface area contributed by atoms with Gasteiger partial charge < -0.3 is 20.5 Å². The molecule has 0 aromatic heterocycles. The van der Waals surface area contributed by atoms with Gasteiger partial charge in [-0.25, -0.2) is 0 Å². The molecule has 4 nitrogen and oxygen atoms in total. The van der Waals surface area contributed by atoms with Crippen molar-refractivity contribution in [1.82, 2.24) is 0 Å². The molecule has 1 atom stereocenters. The van der Waals surface area contributed by atoms with Gasteiger partial charge in [0.15, 0.2) is 0 Å².